The molecule has 0 spiro atoms. The van der Waals surface area contributed by atoms with Gasteiger partial charge in [0, 0.05) is 76.8 Å². The summed E-state index contributed by atoms with van der Waals surface area (Å²) in [7, 11) is 0. The predicted molar refractivity (Wildman–Crippen MR) is 557 cm³/mol. The third-order valence-corrected chi connectivity index (χ3v) is 25.6. The fraction of sp³-hybridized carbons (Fsp3) is 0. The van der Waals surface area contributed by atoms with Crippen molar-refractivity contribution < 1.29 is 0 Å². The normalized spacial score (nSPS) is 11.4. The van der Waals surface area contributed by atoms with Crippen LogP contribution in [0, 0.1) is 0 Å². The Balaban J connectivity index is 0.000000111. The van der Waals surface area contributed by atoms with Crippen LogP contribution >= 0.6 is 0 Å². The Morgan fingerprint density at radius 3 is 0.963 bits per heavy atom. The first-order valence-electron chi connectivity index (χ1n) is 45.2. The van der Waals surface area contributed by atoms with Gasteiger partial charge in [0.2, 0.25) is 0 Å². The van der Waals surface area contributed by atoms with E-state index in [0.717, 1.165) is 105 Å². The minimum absolute atomic E-state index is 0.637. The van der Waals surface area contributed by atoms with Crippen molar-refractivity contribution in [2.45, 2.75) is 0 Å². The molecule has 21 aromatic carbocycles. The van der Waals surface area contributed by atoms with Crippen molar-refractivity contribution in [3.8, 4) is 135 Å². The van der Waals surface area contributed by atoms with Crippen LogP contribution in [-0.4, -0.2) is 44.9 Å². The Morgan fingerprint density at radius 1 is 0.119 bits per heavy atom. The van der Waals surface area contributed by atoms with Gasteiger partial charge in [0.1, 0.15) is 0 Å². The highest BCUT2D eigenvalue weighted by molar-refractivity contribution is 6.25. The largest absolute Gasteiger partial charge is 0.248 e. The van der Waals surface area contributed by atoms with Crippen LogP contribution in [-0.2, 0) is 0 Å². The number of nitrogens with zero attached hydrogens (tertiary/aromatic N) is 9. The third-order valence-electron chi connectivity index (χ3n) is 25.6. The average molecular weight is 1710 g/mol. The van der Waals surface area contributed by atoms with Crippen molar-refractivity contribution in [1.82, 2.24) is 44.9 Å². The quantitative estimate of drug-likeness (QED) is 0.0871. The molecule has 624 valence electrons. The average Bonchev–Trinajstić information content (AvgIpc) is 0.721. The standard InChI is InChI=1S/C44H28N4.C43H27N.C38H24N4/c1-4-14-30(15-5-1)40-36-22-12-13-23-38(36)45-39-28-37(34-20-10-11-21-35(34)41(39)40)29-24-26-33(27-25-29)44-47-42(31-16-6-2-7-17-31)46-43(48-44)32-18-8-3-9-19-32;1-2-13-28(14-3-1)42-34-20-7-9-22-36(34)43(37-23-10-8-21-35(37)42)31-17-12-16-29(25-31)38-27-41-39(33-19-6-5-18-32(33)38)26-30-15-4-11-24-40(30)44-41;1-3-11-27(12-4-1)36-40-37(28-13-5-2-6-14-28)42-38(41-36)29-20-18-26(19-21-29)32-17-9-15-30-24-33-31-16-8-7-10-25(31)22-23-34(33)39-35(30)32/h1-28H;1-27H;1-24H. The summed E-state index contributed by atoms with van der Waals surface area (Å²) in [5.74, 6) is 3.89. The van der Waals surface area contributed by atoms with Gasteiger partial charge in [-0.25, -0.2) is 44.9 Å². The van der Waals surface area contributed by atoms with E-state index in [-0.39, 0.29) is 0 Å². The highest BCUT2D eigenvalue weighted by Gasteiger charge is 2.23. The molecule has 0 bridgehead atoms. The summed E-state index contributed by atoms with van der Waals surface area (Å²) in [5.41, 5.74) is 25.9. The molecule has 0 fully saturated rings. The molecule has 5 heterocycles. The molecule has 0 unspecified atom stereocenters. The molecular formula is C125H79N9. The Labute approximate surface area is 773 Å². The number of pyridine rings is 3. The minimum atomic E-state index is 0.637. The summed E-state index contributed by atoms with van der Waals surface area (Å²) >= 11 is 0. The number of hydrogen-bond donors (Lipinski definition) is 0. The fourth-order valence-corrected chi connectivity index (χ4v) is 19.3. The molecule has 0 saturated heterocycles. The van der Waals surface area contributed by atoms with Crippen LogP contribution in [0.3, 0.4) is 0 Å². The predicted octanol–water partition coefficient (Wildman–Crippen LogP) is 32.3. The van der Waals surface area contributed by atoms with E-state index >= 15 is 0 Å². The fourth-order valence-electron chi connectivity index (χ4n) is 19.3. The van der Waals surface area contributed by atoms with Crippen LogP contribution in [0.2, 0.25) is 0 Å². The molecule has 0 aliphatic heterocycles. The lowest BCUT2D eigenvalue weighted by Crippen LogP contribution is -2.00. The summed E-state index contributed by atoms with van der Waals surface area (Å²) in [6, 6.07) is 168. The van der Waals surface area contributed by atoms with Gasteiger partial charge in [-0.2, -0.15) is 0 Å². The number of benzene rings is 21. The van der Waals surface area contributed by atoms with E-state index in [2.05, 4.69) is 358 Å². The Kier molecular flexibility index (Phi) is 20.4. The Hall–Kier alpha value is -18.1. The maximum Gasteiger partial charge on any atom is 0.164 e. The maximum absolute atomic E-state index is 5.22. The highest BCUT2D eigenvalue weighted by Crippen LogP contribution is 2.48. The molecule has 0 atom stereocenters. The zero-order chi connectivity index (χ0) is 88.8. The number of para-hydroxylation sites is 3. The zero-order valence-corrected chi connectivity index (χ0v) is 72.6. The molecule has 0 N–H and O–H groups in total. The Bertz CT molecular complexity index is 8850. The van der Waals surface area contributed by atoms with Crippen molar-refractivity contribution in [2.24, 2.45) is 0 Å². The van der Waals surface area contributed by atoms with Gasteiger partial charge in [0.15, 0.2) is 34.9 Å². The number of hydrogen-bond acceptors (Lipinski definition) is 9. The van der Waals surface area contributed by atoms with Crippen molar-refractivity contribution >= 4 is 119 Å². The maximum atomic E-state index is 5.22. The van der Waals surface area contributed by atoms with Crippen LogP contribution in [0.1, 0.15) is 0 Å². The second kappa shape index (κ2) is 34.5. The molecule has 9 nitrogen and oxygen atoms in total. The van der Waals surface area contributed by atoms with E-state index < -0.39 is 0 Å². The van der Waals surface area contributed by atoms with Gasteiger partial charge in [-0.3, -0.25) is 0 Å². The van der Waals surface area contributed by atoms with E-state index in [4.69, 9.17) is 44.9 Å². The minimum Gasteiger partial charge on any atom is -0.248 e. The van der Waals surface area contributed by atoms with Crippen LogP contribution in [0.15, 0.2) is 479 Å². The Morgan fingerprint density at radius 2 is 0.440 bits per heavy atom. The molecular weight excluding hydrogens is 1630 g/mol. The van der Waals surface area contributed by atoms with Gasteiger partial charge in [-0.05, 0) is 158 Å². The van der Waals surface area contributed by atoms with Gasteiger partial charge < -0.3 is 0 Å². The van der Waals surface area contributed by atoms with Crippen molar-refractivity contribution in [3.63, 3.8) is 0 Å². The van der Waals surface area contributed by atoms with Gasteiger partial charge in [0.25, 0.3) is 0 Å². The lowest BCUT2D eigenvalue weighted by atomic mass is 9.85. The summed E-state index contributed by atoms with van der Waals surface area (Å²) < 4.78 is 0. The molecule has 5 aromatic heterocycles. The summed E-state index contributed by atoms with van der Waals surface area (Å²) in [4.78, 5) is 44.7. The van der Waals surface area contributed by atoms with Crippen molar-refractivity contribution in [2.75, 3.05) is 0 Å². The van der Waals surface area contributed by atoms with Gasteiger partial charge >= 0.3 is 0 Å². The van der Waals surface area contributed by atoms with Gasteiger partial charge in [-0.15, -0.1) is 0 Å². The molecule has 26 aromatic rings. The smallest absolute Gasteiger partial charge is 0.164 e. The van der Waals surface area contributed by atoms with E-state index in [1.165, 1.54) is 115 Å². The molecule has 0 aliphatic rings. The lowest BCUT2D eigenvalue weighted by Gasteiger charge is -2.18. The third kappa shape index (κ3) is 14.9. The molecule has 0 aliphatic carbocycles. The highest BCUT2D eigenvalue weighted by atomic mass is 15.0. The summed E-state index contributed by atoms with van der Waals surface area (Å²) in [6.45, 7) is 0. The van der Waals surface area contributed by atoms with Crippen molar-refractivity contribution in [1.29, 1.82) is 0 Å². The van der Waals surface area contributed by atoms with Gasteiger partial charge in [-0.1, -0.05) is 431 Å². The van der Waals surface area contributed by atoms with Crippen molar-refractivity contribution in [3.05, 3.63) is 479 Å². The van der Waals surface area contributed by atoms with E-state index in [9.17, 15) is 0 Å². The monoisotopic (exact) mass is 1710 g/mol. The van der Waals surface area contributed by atoms with Crippen LogP contribution < -0.4 is 0 Å². The van der Waals surface area contributed by atoms with Crippen LogP contribution in [0.25, 0.3) is 254 Å². The number of fused-ring (bicyclic) bond motifs is 14. The number of rotatable bonds is 12. The first-order chi connectivity index (χ1) is 66.4. The first kappa shape index (κ1) is 79.4. The number of aromatic nitrogens is 9. The van der Waals surface area contributed by atoms with E-state index in [0.29, 0.717) is 34.9 Å². The summed E-state index contributed by atoms with van der Waals surface area (Å²) in [5, 5.41) is 19.3. The van der Waals surface area contributed by atoms with Gasteiger partial charge in [0.05, 0.1) is 33.1 Å². The molecule has 0 saturated carbocycles. The molecule has 9 heteroatoms. The summed E-state index contributed by atoms with van der Waals surface area (Å²) in [6.07, 6.45) is 0. The topological polar surface area (TPSA) is 116 Å². The SMILES string of the molecule is c1ccc(-c2c3ccccc3c(-c3cccc(-c4cc5nc6ccccc6cc5c5ccccc45)c3)c3ccccc23)cc1.c1ccc(-c2nc(-c3ccccc3)nc(-c3ccc(-c4cc5nc6ccccc6c(-c6ccccc6)c5c5ccccc45)cc3)n2)cc1.c1ccc(-c2nc(-c3ccccc3)nc(-c3ccc(-c4cccc5cc6c(ccc7ccccc76)nc45)cc3)n2)cc1. The molecule has 26 rings (SSSR count). The lowest BCUT2D eigenvalue weighted by molar-refractivity contribution is 1.07. The molecule has 0 amide bonds. The molecule has 0 radical (unpaired) electrons. The van der Waals surface area contributed by atoms with Crippen LogP contribution in [0.4, 0.5) is 0 Å². The molecule has 134 heavy (non-hydrogen) atoms. The first-order valence-corrected chi connectivity index (χ1v) is 45.2. The van der Waals surface area contributed by atoms with Crippen LogP contribution in [0.5, 0.6) is 0 Å². The second-order valence-corrected chi connectivity index (χ2v) is 33.7. The second-order valence-electron chi connectivity index (χ2n) is 33.7. The van der Waals surface area contributed by atoms with E-state index in [1.54, 1.807) is 0 Å². The zero-order valence-electron chi connectivity index (χ0n) is 72.6. The van der Waals surface area contributed by atoms with E-state index in [1.807, 2.05) is 121 Å².